The Labute approximate surface area is 293 Å². The van der Waals surface area contributed by atoms with Gasteiger partial charge >= 0.3 is 0 Å². The summed E-state index contributed by atoms with van der Waals surface area (Å²) in [5, 5.41) is 45.5. The predicted octanol–water partition coefficient (Wildman–Crippen LogP) is 5.12. The van der Waals surface area contributed by atoms with Gasteiger partial charge in [0.1, 0.15) is 5.75 Å². The number of aliphatic hydroxyl groups excluding tert-OH is 3. The van der Waals surface area contributed by atoms with Gasteiger partial charge in [0.2, 0.25) is 5.78 Å². The standard InChI is InChI=1S/C40H47NO9/c1-21-11-9-8-10-12-24(4)40(50)41-30-19-33(45)34-29(39(30)49)18-27(7)38(48)35(34)37(47)26(6)17-25(5)36(46)23(3)14-16-28(42)15-13-22(2)32(44)20-31(21)43/h8-14,16-19,21,23,25,28,31,36,42-43,46,48H,15,20H2,1-7H3,(H,41,50)/t21-,23-,25-,28-,31-,36-/m0/s1. The van der Waals surface area contributed by atoms with Crippen molar-refractivity contribution in [3.63, 3.8) is 0 Å². The minimum atomic E-state index is -0.987. The van der Waals surface area contributed by atoms with Crippen molar-refractivity contribution in [2.24, 2.45) is 17.8 Å². The van der Waals surface area contributed by atoms with E-state index in [-0.39, 0.29) is 63.6 Å². The number of phenols is 1. The molecule has 5 N–H and O–H groups in total. The summed E-state index contributed by atoms with van der Waals surface area (Å²) in [7, 11) is 0. The fourth-order valence-corrected chi connectivity index (χ4v) is 5.59. The molecule has 4 rings (SSSR count). The Morgan fingerprint density at radius 3 is 2.10 bits per heavy atom. The first-order valence-corrected chi connectivity index (χ1v) is 16.6. The Bertz CT molecular complexity index is 1770. The third-order valence-corrected chi connectivity index (χ3v) is 9.01. The Kier molecular flexibility index (Phi) is 13.7. The third-order valence-electron chi connectivity index (χ3n) is 9.01. The molecule has 266 valence electrons. The van der Waals surface area contributed by atoms with Crippen LogP contribution < -0.4 is 5.32 Å². The summed E-state index contributed by atoms with van der Waals surface area (Å²) in [4.78, 5) is 66.3. The van der Waals surface area contributed by atoms with Gasteiger partial charge in [-0.05, 0) is 56.9 Å². The van der Waals surface area contributed by atoms with Crippen LogP contribution in [0.2, 0.25) is 0 Å². The van der Waals surface area contributed by atoms with Crippen molar-refractivity contribution in [1.29, 1.82) is 0 Å². The predicted molar refractivity (Wildman–Crippen MR) is 191 cm³/mol. The zero-order valence-electron chi connectivity index (χ0n) is 29.6. The average Bonchev–Trinajstić information content (AvgIpc) is 3.07. The van der Waals surface area contributed by atoms with Crippen molar-refractivity contribution in [2.75, 3.05) is 0 Å². The topological polar surface area (TPSA) is 178 Å². The van der Waals surface area contributed by atoms with Gasteiger partial charge in [0.05, 0.1) is 29.6 Å². The molecule has 0 saturated carbocycles. The van der Waals surface area contributed by atoms with E-state index in [9.17, 15) is 44.4 Å². The molecule has 10 heteroatoms. The molecule has 3 aliphatic rings. The van der Waals surface area contributed by atoms with Crippen LogP contribution in [0.15, 0.2) is 89.2 Å². The number of amides is 1. The number of rotatable bonds is 0. The molecule has 10 nitrogen and oxygen atoms in total. The largest absolute Gasteiger partial charge is 0.507 e. The van der Waals surface area contributed by atoms with E-state index in [1.54, 1.807) is 64.2 Å². The maximum atomic E-state index is 13.7. The molecule has 4 bridgehead atoms. The van der Waals surface area contributed by atoms with Crippen molar-refractivity contribution < 1.29 is 44.4 Å². The number of benzene rings is 1. The van der Waals surface area contributed by atoms with Crippen molar-refractivity contribution in [3.05, 3.63) is 111 Å². The van der Waals surface area contributed by atoms with Gasteiger partial charge in [-0.1, -0.05) is 75.5 Å². The number of aromatic hydroxyl groups is 1. The smallest absolute Gasteiger partial charge is 0.251 e. The number of nitrogens with one attached hydrogen (secondary N) is 1. The summed E-state index contributed by atoms with van der Waals surface area (Å²) in [5.41, 5.74) is -0.106. The molecule has 0 fully saturated rings. The number of carbonyl (C=O) groups is 5. The lowest BCUT2D eigenvalue weighted by Gasteiger charge is -2.22. The van der Waals surface area contributed by atoms with Gasteiger partial charge in [0.25, 0.3) is 5.91 Å². The van der Waals surface area contributed by atoms with Crippen LogP contribution in [0.1, 0.15) is 91.0 Å². The van der Waals surface area contributed by atoms with Crippen molar-refractivity contribution in [1.82, 2.24) is 5.32 Å². The maximum Gasteiger partial charge on any atom is 0.251 e. The number of phenolic OH excluding ortho intramolecular Hbond substituents is 1. The highest BCUT2D eigenvalue weighted by molar-refractivity contribution is 6.30. The van der Waals surface area contributed by atoms with Gasteiger partial charge in [-0.15, -0.1) is 0 Å². The van der Waals surface area contributed by atoms with Crippen molar-refractivity contribution >= 4 is 29.0 Å². The number of ketones is 4. The molecule has 0 unspecified atom stereocenters. The normalized spacial score (nSPS) is 26.7. The monoisotopic (exact) mass is 685 g/mol. The molecular formula is C40H47NO9. The molecule has 0 aromatic heterocycles. The van der Waals surface area contributed by atoms with Gasteiger partial charge in [0.15, 0.2) is 17.3 Å². The highest BCUT2D eigenvalue weighted by Crippen LogP contribution is 2.35. The number of aliphatic hydroxyl groups is 3. The van der Waals surface area contributed by atoms with Gasteiger partial charge in [-0.2, -0.15) is 0 Å². The van der Waals surface area contributed by atoms with Crippen molar-refractivity contribution in [3.8, 4) is 5.75 Å². The van der Waals surface area contributed by atoms with E-state index in [0.29, 0.717) is 5.57 Å². The van der Waals surface area contributed by atoms with E-state index in [0.717, 1.165) is 6.08 Å². The van der Waals surface area contributed by atoms with E-state index in [4.69, 9.17) is 0 Å². The van der Waals surface area contributed by atoms with E-state index in [2.05, 4.69) is 5.32 Å². The van der Waals surface area contributed by atoms with Crippen LogP contribution in [0, 0.1) is 24.7 Å². The zero-order valence-corrected chi connectivity index (χ0v) is 29.6. The van der Waals surface area contributed by atoms with Crippen LogP contribution in [0.3, 0.4) is 0 Å². The number of Topliss-reactive ketones (excluding diaryl/α,β-unsaturated/α-hetero) is 3. The van der Waals surface area contributed by atoms with E-state index >= 15 is 0 Å². The molecule has 0 radical (unpaired) electrons. The van der Waals surface area contributed by atoms with Gasteiger partial charge in [-0.3, -0.25) is 24.0 Å². The number of aryl methyl sites for hydroxylation is 1. The van der Waals surface area contributed by atoms with E-state index in [1.807, 2.05) is 0 Å². The number of fused-ring (bicyclic) bond motifs is 18. The SMILES string of the molecule is CC1=CC[C@H](O)C=C[C@H](C)[C@H](O)[C@@H](C)C=C(C)C(=O)c2c(O)c(C)cc3c2C(=O)C=C(NC(=O)C(C)=CC=CC=C[C@H](C)[C@@H](O)CC1=O)C3=O. The van der Waals surface area contributed by atoms with Crippen molar-refractivity contribution in [2.45, 2.75) is 79.6 Å². The number of allylic oxidation sites excluding steroid dienone is 8. The summed E-state index contributed by atoms with van der Waals surface area (Å²) in [6.45, 7) is 11.3. The second-order valence-corrected chi connectivity index (χ2v) is 13.2. The van der Waals surface area contributed by atoms with Crippen LogP contribution in [-0.4, -0.2) is 67.8 Å². The molecule has 1 aliphatic carbocycles. The quantitative estimate of drug-likeness (QED) is 0.232. The van der Waals surface area contributed by atoms with Gasteiger partial charge < -0.3 is 25.7 Å². The lowest BCUT2D eigenvalue weighted by atomic mass is 9.83. The fourth-order valence-electron chi connectivity index (χ4n) is 5.59. The fraction of sp³-hybridized carbons (Fsp3) is 0.375. The molecule has 1 aromatic rings. The maximum absolute atomic E-state index is 13.7. The van der Waals surface area contributed by atoms with Crippen LogP contribution in [0.5, 0.6) is 5.75 Å². The van der Waals surface area contributed by atoms with Crippen LogP contribution in [-0.2, 0) is 9.59 Å². The molecule has 50 heavy (non-hydrogen) atoms. The van der Waals surface area contributed by atoms with Crippen LogP contribution >= 0.6 is 0 Å². The second kappa shape index (κ2) is 17.2. The molecule has 0 spiro atoms. The molecule has 1 aromatic carbocycles. The first kappa shape index (κ1) is 39.7. The highest BCUT2D eigenvalue weighted by atomic mass is 16.3. The number of hydrogen-bond acceptors (Lipinski definition) is 9. The Balaban J connectivity index is 2.04. The van der Waals surface area contributed by atoms with Gasteiger partial charge in [0, 0.05) is 47.0 Å². The van der Waals surface area contributed by atoms with Crippen LogP contribution in [0.4, 0.5) is 0 Å². The summed E-state index contributed by atoms with van der Waals surface area (Å²) < 4.78 is 0. The first-order chi connectivity index (χ1) is 23.4. The molecule has 1 amide bonds. The number of carbonyl (C=O) groups excluding carboxylic acids is 5. The van der Waals surface area contributed by atoms with E-state index < -0.39 is 59.2 Å². The summed E-state index contributed by atoms with van der Waals surface area (Å²) in [5.74, 6) is -4.91. The van der Waals surface area contributed by atoms with Crippen LogP contribution in [0.25, 0.3) is 0 Å². The molecule has 2 heterocycles. The van der Waals surface area contributed by atoms with E-state index in [1.165, 1.54) is 45.1 Å². The lowest BCUT2D eigenvalue weighted by Crippen LogP contribution is -2.32. The molecule has 0 saturated heterocycles. The first-order valence-electron chi connectivity index (χ1n) is 16.6. The Morgan fingerprint density at radius 2 is 1.42 bits per heavy atom. The second-order valence-electron chi connectivity index (χ2n) is 13.2. The average molecular weight is 686 g/mol. The number of hydrogen-bond donors (Lipinski definition) is 5. The minimum Gasteiger partial charge on any atom is -0.507 e. The molecular weight excluding hydrogens is 638 g/mol. The van der Waals surface area contributed by atoms with Gasteiger partial charge in [-0.25, -0.2) is 0 Å². The summed E-state index contributed by atoms with van der Waals surface area (Å²) in [6, 6.07) is 1.30. The lowest BCUT2D eigenvalue weighted by molar-refractivity contribution is -0.118. The zero-order chi connectivity index (χ0) is 37.4. The highest BCUT2D eigenvalue weighted by Gasteiger charge is 2.34. The minimum absolute atomic E-state index is 0.110. The third kappa shape index (κ3) is 9.68. The summed E-state index contributed by atoms with van der Waals surface area (Å²) in [6.07, 6.45) is 12.4. The summed E-state index contributed by atoms with van der Waals surface area (Å²) >= 11 is 0. The Morgan fingerprint density at radius 1 is 0.740 bits per heavy atom. The molecule has 2 aliphatic heterocycles. The Hall–Kier alpha value is -4.77. The molecule has 6 atom stereocenters.